The lowest BCUT2D eigenvalue weighted by Crippen LogP contribution is -2.38. The van der Waals surface area contributed by atoms with E-state index < -0.39 is 0 Å². The van der Waals surface area contributed by atoms with Crippen molar-refractivity contribution >= 4 is 0 Å². The molecule has 0 aromatic heterocycles. The van der Waals surface area contributed by atoms with Gasteiger partial charge in [0.25, 0.3) is 0 Å². The second-order valence-corrected chi connectivity index (χ2v) is 3.22. The minimum atomic E-state index is 0.716. The first-order chi connectivity index (χ1) is 5.70. The van der Waals surface area contributed by atoms with Crippen LogP contribution in [0.3, 0.4) is 0 Å². The van der Waals surface area contributed by atoms with E-state index in [4.69, 9.17) is 11.5 Å². The topological polar surface area (TPSA) is 58.5 Å². The van der Waals surface area contributed by atoms with Crippen LogP contribution in [0.1, 0.15) is 0 Å². The summed E-state index contributed by atoms with van der Waals surface area (Å²) in [5, 5.41) is 0. The van der Waals surface area contributed by atoms with E-state index in [2.05, 4.69) is 23.9 Å². The van der Waals surface area contributed by atoms with Crippen LogP contribution < -0.4 is 11.5 Å². The van der Waals surface area contributed by atoms with Crippen LogP contribution in [0.25, 0.3) is 0 Å². The average Bonchev–Trinajstić information content (AvgIpc) is 2.01. The van der Waals surface area contributed by atoms with Crippen molar-refractivity contribution in [1.82, 2.24) is 9.80 Å². The van der Waals surface area contributed by atoms with Crippen molar-refractivity contribution in [3.8, 4) is 0 Å². The summed E-state index contributed by atoms with van der Waals surface area (Å²) in [6, 6.07) is 0. The van der Waals surface area contributed by atoms with Crippen molar-refractivity contribution in [2.24, 2.45) is 11.5 Å². The summed E-state index contributed by atoms with van der Waals surface area (Å²) in [7, 11) is 4.14. The number of hydrogen-bond donors (Lipinski definition) is 2. The lowest BCUT2D eigenvalue weighted by atomic mass is 10.4. The molecule has 0 atom stereocenters. The van der Waals surface area contributed by atoms with E-state index in [1.807, 2.05) is 0 Å². The molecule has 4 N–H and O–H groups in total. The molecule has 0 bridgehead atoms. The first-order valence-corrected chi connectivity index (χ1v) is 4.48. The Labute approximate surface area is 75.5 Å². The van der Waals surface area contributed by atoms with Crippen molar-refractivity contribution in [2.75, 3.05) is 53.4 Å². The fourth-order valence-electron chi connectivity index (χ4n) is 1.04. The molecule has 74 valence electrons. The van der Waals surface area contributed by atoms with E-state index in [0.717, 1.165) is 26.2 Å². The summed E-state index contributed by atoms with van der Waals surface area (Å²) < 4.78 is 0. The summed E-state index contributed by atoms with van der Waals surface area (Å²) in [5.74, 6) is 0. The van der Waals surface area contributed by atoms with Gasteiger partial charge < -0.3 is 16.4 Å². The van der Waals surface area contributed by atoms with Crippen molar-refractivity contribution < 1.29 is 0 Å². The lowest BCUT2D eigenvalue weighted by molar-refractivity contribution is 0.251. The van der Waals surface area contributed by atoms with E-state index in [0.29, 0.717) is 13.1 Å². The van der Waals surface area contributed by atoms with Crippen LogP contribution in [0.15, 0.2) is 0 Å². The first kappa shape index (κ1) is 11.8. The Morgan fingerprint density at radius 2 is 1.33 bits per heavy atom. The molecule has 0 radical (unpaired) electrons. The summed E-state index contributed by atoms with van der Waals surface area (Å²) in [6.07, 6.45) is 0. The van der Waals surface area contributed by atoms with E-state index >= 15 is 0 Å². The van der Waals surface area contributed by atoms with Gasteiger partial charge in [-0.3, -0.25) is 4.90 Å². The normalized spacial score (nSPS) is 11.5. The number of hydrogen-bond acceptors (Lipinski definition) is 4. The van der Waals surface area contributed by atoms with E-state index in [1.54, 1.807) is 0 Å². The summed E-state index contributed by atoms with van der Waals surface area (Å²) >= 11 is 0. The van der Waals surface area contributed by atoms with Crippen LogP contribution in [0.5, 0.6) is 0 Å². The van der Waals surface area contributed by atoms with Gasteiger partial charge in [-0.1, -0.05) is 0 Å². The molecule has 0 amide bonds. The Kier molecular flexibility index (Phi) is 7.39. The SMILES string of the molecule is CN(C)CCN(CCN)CCN. The van der Waals surface area contributed by atoms with Crippen molar-refractivity contribution in [2.45, 2.75) is 0 Å². The van der Waals surface area contributed by atoms with Crippen LogP contribution >= 0.6 is 0 Å². The molecule has 4 heteroatoms. The molecule has 0 rings (SSSR count). The molecular weight excluding hydrogens is 152 g/mol. The highest BCUT2D eigenvalue weighted by molar-refractivity contribution is 4.60. The summed E-state index contributed by atoms with van der Waals surface area (Å²) in [5.41, 5.74) is 10.9. The summed E-state index contributed by atoms with van der Waals surface area (Å²) in [4.78, 5) is 4.46. The molecule has 0 heterocycles. The molecule has 0 aromatic rings. The van der Waals surface area contributed by atoms with Crippen LogP contribution in [-0.2, 0) is 0 Å². The average molecular weight is 174 g/mol. The fourth-order valence-corrected chi connectivity index (χ4v) is 1.04. The predicted molar refractivity (Wildman–Crippen MR) is 53.1 cm³/mol. The Balaban J connectivity index is 3.48. The Hall–Kier alpha value is -0.160. The number of nitrogens with zero attached hydrogens (tertiary/aromatic N) is 2. The Morgan fingerprint density at radius 3 is 1.67 bits per heavy atom. The van der Waals surface area contributed by atoms with Gasteiger partial charge >= 0.3 is 0 Å². The second-order valence-electron chi connectivity index (χ2n) is 3.22. The van der Waals surface area contributed by atoms with E-state index in [1.165, 1.54) is 0 Å². The third-order valence-electron chi connectivity index (χ3n) is 1.75. The monoisotopic (exact) mass is 174 g/mol. The van der Waals surface area contributed by atoms with E-state index in [-0.39, 0.29) is 0 Å². The molecule has 0 saturated carbocycles. The molecule has 0 saturated heterocycles. The molecule has 0 aliphatic carbocycles. The van der Waals surface area contributed by atoms with Crippen molar-refractivity contribution in [3.05, 3.63) is 0 Å². The minimum Gasteiger partial charge on any atom is -0.329 e. The lowest BCUT2D eigenvalue weighted by Gasteiger charge is -2.22. The largest absolute Gasteiger partial charge is 0.329 e. The van der Waals surface area contributed by atoms with Crippen molar-refractivity contribution in [3.63, 3.8) is 0 Å². The van der Waals surface area contributed by atoms with Gasteiger partial charge in [0.1, 0.15) is 0 Å². The van der Waals surface area contributed by atoms with Crippen LogP contribution in [0.4, 0.5) is 0 Å². The number of likely N-dealkylation sites (N-methyl/N-ethyl adjacent to an activating group) is 1. The minimum absolute atomic E-state index is 0.716. The van der Waals surface area contributed by atoms with E-state index in [9.17, 15) is 0 Å². The molecule has 4 nitrogen and oxygen atoms in total. The van der Waals surface area contributed by atoms with Crippen molar-refractivity contribution in [1.29, 1.82) is 0 Å². The van der Waals surface area contributed by atoms with Crippen LogP contribution in [0, 0.1) is 0 Å². The van der Waals surface area contributed by atoms with Gasteiger partial charge in [-0.05, 0) is 14.1 Å². The van der Waals surface area contributed by atoms with Crippen LogP contribution in [0.2, 0.25) is 0 Å². The summed E-state index contributed by atoms with van der Waals surface area (Å²) in [6.45, 7) is 5.46. The maximum atomic E-state index is 5.47. The van der Waals surface area contributed by atoms with Gasteiger partial charge in [0.05, 0.1) is 0 Å². The Morgan fingerprint density at radius 1 is 0.833 bits per heavy atom. The zero-order valence-electron chi connectivity index (χ0n) is 8.29. The molecular formula is C8H22N4. The standard InChI is InChI=1S/C8H22N4/c1-11(2)7-8-12(5-3-9)6-4-10/h3-10H2,1-2H3. The van der Waals surface area contributed by atoms with Gasteiger partial charge in [-0.15, -0.1) is 0 Å². The molecule has 0 spiro atoms. The maximum Gasteiger partial charge on any atom is 0.0110 e. The Bertz CT molecular complexity index is 89.1. The number of rotatable bonds is 7. The first-order valence-electron chi connectivity index (χ1n) is 4.48. The van der Waals surface area contributed by atoms with Gasteiger partial charge in [-0.25, -0.2) is 0 Å². The van der Waals surface area contributed by atoms with Gasteiger partial charge in [-0.2, -0.15) is 0 Å². The highest BCUT2D eigenvalue weighted by Gasteiger charge is 2.01. The quantitative estimate of drug-likeness (QED) is 0.507. The van der Waals surface area contributed by atoms with Gasteiger partial charge in [0, 0.05) is 39.3 Å². The molecule has 12 heavy (non-hydrogen) atoms. The molecule has 0 aliphatic heterocycles. The number of nitrogens with two attached hydrogens (primary N) is 2. The molecule has 0 unspecified atom stereocenters. The maximum absolute atomic E-state index is 5.47. The third-order valence-corrected chi connectivity index (χ3v) is 1.75. The van der Waals surface area contributed by atoms with Crippen LogP contribution in [-0.4, -0.2) is 63.2 Å². The predicted octanol–water partition coefficient (Wildman–Crippen LogP) is -1.23. The second kappa shape index (κ2) is 7.49. The van der Waals surface area contributed by atoms with Gasteiger partial charge in [0.2, 0.25) is 0 Å². The molecule has 0 aliphatic rings. The van der Waals surface area contributed by atoms with Gasteiger partial charge in [0.15, 0.2) is 0 Å². The zero-order chi connectivity index (χ0) is 9.40. The molecule has 0 fully saturated rings. The third kappa shape index (κ3) is 6.54. The molecule has 0 aromatic carbocycles. The zero-order valence-corrected chi connectivity index (χ0v) is 8.29. The smallest absolute Gasteiger partial charge is 0.0110 e. The fraction of sp³-hybridized carbons (Fsp3) is 1.00. The highest BCUT2D eigenvalue weighted by atomic mass is 15.2. The highest BCUT2D eigenvalue weighted by Crippen LogP contribution is 1.86.